The van der Waals surface area contributed by atoms with Crippen LogP contribution < -0.4 is 9.73 Å². The van der Waals surface area contributed by atoms with E-state index in [0.717, 1.165) is 20.6 Å². The first kappa shape index (κ1) is 19.1. The molecule has 0 saturated heterocycles. The number of rotatable bonds is 6. The molecule has 2 aromatic carbocycles. The Labute approximate surface area is 155 Å². The highest BCUT2D eigenvalue weighted by Gasteiger charge is 2.28. The molecule has 2 rings (SSSR count). The van der Waals surface area contributed by atoms with E-state index in [0.29, 0.717) is 5.69 Å². The molecule has 0 aliphatic rings. The van der Waals surface area contributed by atoms with Crippen LogP contribution in [-0.2, 0) is 14.8 Å². The van der Waals surface area contributed by atoms with Crippen molar-refractivity contribution < 1.29 is 13.2 Å². The predicted molar refractivity (Wildman–Crippen MR) is 103 cm³/mol. The molecule has 25 heavy (non-hydrogen) atoms. The fraction of sp³-hybridized carbons (Fsp3) is 0.176. The lowest BCUT2D eigenvalue weighted by molar-refractivity contribution is -0.121. The molecule has 0 heterocycles. The number of hydrazone groups is 1. The molecule has 0 aliphatic heterocycles. The molecule has 0 saturated carbocycles. The second-order valence-corrected chi connectivity index (χ2v) is 8.13. The maximum atomic E-state index is 12.3. The van der Waals surface area contributed by atoms with Crippen molar-refractivity contribution in [2.45, 2.75) is 13.0 Å². The summed E-state index contributed by atoms with van der Waals surface area (Å²) in [4.78, 5) is 12.3. The lowest BCUT2D eigenvalue weighted by atomic mass is 10.2. The molecule has 2 aromatic rings. The van der Waals surface area contributed by atoms with Crippen molar-refractivity contribution in [3.8, 4) is 0 Å². The zero-order valence-electron chi connectivity index (χ0n) is 13.8. The Balaban J connectivity index is 2.12. The third-order valence-corrected chi connectivity index (χ3v) is 5.13. The van der Waals surface area contributed by atoms with Gasteiger partial charge >= 0.3 is 0 Å². The number of hydrogen-bond donors (Lipinski definition) is 1. The minimum absolute atomic E-state index is 0.421. The van der Waals surface area contributed by atoms with Gasteiger partial charge in [-0.2, -0.15) is 5.10 Å². The third kappa shape index (κ3) is 5.40. The molecule has 1 N–H and O–H groups in total. The monoisotopic (exact) mass is 423 g/mol. The van der Waals surface area contributed by atoms with E-state index in [-0.39, 0.29) is 0 Å². The summed E-state index contributed by atoms with van der Waals surface area (Å²) in [6.45, 7) is 1.51. The Hall–Kier alpha value is -2.19. The summed E-state index contributed by atoms with van der Waals surface area (Å²) in [6, 6.07) is 14.9. The van der Waals surface area contributed by atoms with E-state index in [1.807, 2.05) is 24.3 Å². The highest BCUT2D eigenvalue weighted by atomic mass is 79.9. The Morgan fingerprint density at radius 1 is 1.16 bits per heavy atom. The van der Waals surface area contributed by atoms with Crippen molar-refractivity contribution in [1.82, 2.24) is 5.43 Å². The second-order valence-electron chi connectivity index (χ2n) is 5.36. The zero-order chi connectivity index (χ0) is 18.4. The van der Waals surface area contributed by atoms with Crippen LogP contribution in [0.5, 0.6) is 0 Å². The van der Waals surface area contributed by atoms with Gasteiger partial charge in [0.2, 0.25) is 10.0 Å². The smallest absolute Gasteiger partial charge is 0.263 e. The number of amides is 1. The standard InChI is InChI=1S/C17H18BrN3O3S/c1-13(21(25(2,23)24)16-6-4-3-5-7-16)17(22)20-19-12-14-8-10-15(18)11-9-14/h3-13H,1-2H3,(H,20,22)/b19-12-/t13-/m0/s1. The highest BCUT2D eigenvalue weighted by Crippen LogP contribution is 2.20. The van der Waals surface area contributed by atoms with Gasteiger partial charge in [0.25, 0.3) is 5.91 Å². The molecule has 1 atom stereocenters. The second kappa shape index (κ2) is 8.26. The number of sulfonamides is 1. The molecular weight excluding hydrogens is 406 g/mol. The van der Waals surface area contributed by atoms with Crippen molar-refractivity contribution >= 4 is 43.8 Å². The number of nitrogens with zero attached hydrogens (tertiary/aromatic N) is 2. The summed E-state index contributed by atoms with van der Waals surface area (Å²) in [5.74, 6) is -0.525. The van der Waals surface area contributed by atoms with Gasteiger partial charge in [-0.3, -0.25) is 9.10 Å². The fourth-order valence-corrected chi connectivity index (χ4v) is 3.64. The predicted octanol–water partition coefficient (Wildman–Crippen LogP) is 2.75. The average Bonchev–Trinajstić information content (AvgIpc) is 2.56. The van der Waals surface area contributed by atoms with Crippen LogP contribution in [0.3, 0.4) is 0 Å². The van der Waals surface area contributed by atoms with Crippen molar-refractivity contribution in [2.24, 2.45) is 5.10 Å². The van der Waals surface area contributed by atoms with Crippen LogP contribution in [0.2, 0.25) is 0 Å². The van der Waals surface area contributed by atoms with E-state index in [9.17, 15) is 13.2 Å². The minimum Gasteiger partial charge on any atom is -0.271 e. The topological polar surface area (TPSA) is 78.8 Å². The maximum absolute atomic E-state index is 12.3. The Morgan fingerprint density at radius 2 is 1.76 bits per heavy atom. The molecule has 132 valence electrons. The molecule has 8 heteroatoms. The van der Waals surface area contributed by atoms with Gasteiger partial charge in [-0.05, 0) is 36.8 Å². The summed E-state index contributed by atoms with van der Waals surface area (Å²) in [5.41, 5.74) is 3.61. The SMILES string of the molecule is C[C@@H](C(=O)N/N=C\c1ccc(Br)cc1)N(c1ccccc1)S(C)(=O)=O. The minimum atomic E-state index is -3.63. The first-order valence-corrected chi connectivity index (χ1v) is 10.1. The molecule has 0 aromatic heterocycles. The number of hydrogen-bond acceptors (Lipinski definition) is 4. The summed E-state index contributed by atoms with van der Waals surface area (Å²) in [5, 5.41) is 3.89. The van der Waals surface area contributed by atoms with E-state index in [1.165, 1.54) is 13.1 Å². The van der Waals surface area contributed by atoms with E-state index >= 15 is 0 Å². The van der Waals surface area contributed by atoms with E-state index in [1.54, 1.807) is 30.3 Å². The molecule has 0 aliphatic carbocycles. The van der Waals surface area contributed by atoms with Crippen molar-refractivity contribution in [1.29, 1.82) is 0 Å². The van der Waals surface area contributed by atoms with Crippen LogP contribution >= 0.6 is 15.9 Å². The van der Waals surface area contributed by atoms with Crippen molar-refractivity contribution in [3.05, 3.63) is 64.6 Å². The van der Waals surface area contributed by atoms with Gasteiger partial charge in [-0.25, -0.2) is 13.8 Å². The fourth-order valence-electron chi connectivity index (χ4n) is 2.20. The average molecular weight is 424 g/mol. The lowest BCUT2D eigenvalue weighted by Crippen LogP contribution is -2.46. The summed E-state index contributed by atoms with van der Waals surface area (Å²) >= 11 is 3.34. The quantitative estimate of drug-likeness (QED) is 0.572. The van der Waals surface area contributed by atoms with Crippen LogP contribution in [0, 0.1) is 0 Å². The van der Waals surface area contributed by atoms with Gasteiger partial charge in [0.15, 0.2) is 0 Å². The lowest BCUT2D eigenvalue weighted by Gasteiger charge is -2.27. The number of para-hydroxylation sites is 1. The Bertz CT molecular complexity index is 852. The summed E-state index contributed by atoms with van der Waals surface area (Å²) in [6.07, 6.45) is 2.55. The van der Waals surface area contributed by atoms with Crippen molar-refractivity contribution in [2.75, 3.05) is 10.6 Å². The third-order valence-electron chi connectivity index (χ3n) is 3.36. The first-order chi connectivity index (χ1) is 11.8. The number of benzene rings is 2. The number of halogens is 1. The van der Waals surface area contributed by atoms with Crippen LogP contribution in [-0.4, -0.2) is 32.8 Å². The van der Waals surface area contributed by atoms with Gasteiger partial charge in [-0.1, -0.05) is 46.3 Å². The Kier molecular flexibility index (Phi) is 6.33. The number of anilines is 1. The molecule has 0 unspecified atom stereocenters. The summed E-state index contributed by atoms with van der Waals surface area (Å²) < 4.78 is 26.2. The van der Waals surface area contributed by atoms with Gasteiger partial charge in [0, 0.05) is 4.47 Å². The number of carbonyl (C=O) groups is 1. The molecule has 0 spiro atoms. The van der Waals surface area contributed by atoms with Gasteiger partial charge in [0.05, 0.1) is 18.2 Å². The molecular formula is C17H18BrN3O3S. The van der Waals surface area contributed by atoms with Crippen LogP contribution in [0.4, 0.5) is 5.69 Å². The molecule has 6 nitrogen and oxygen atoms in total. The van der Waals surface area contributed by atoms with Crippen LogP contribution in [0.15, 0.2) is 64.2 Å². The zero-order valence-corrected chi connectivity index (χ0v) is 16.2. The first-order valence-electron chi connectivity index (χ1n) is 7.42. The van der Waals surface area contributed by atoms with Crippen LogP contribution in [0.1, 0.15) is 12.5 Å². The normalized spacial score (nSPS) is 12.8. The highest BCUT2D eigenvalue weighted by molar-refractivity contribution is 9.10. The summed E-state index contributed by atoms with van der Waals surface area (Å²) in [7, 11) is -3.63. The van der Waals surface area contributed by atoms with Gasteiger partial charge in [-0.15, -0.1) is 0 Å². The molecule has 0 fully saturated rings. The van der Waals surface area contributed by atoms with E-state index in [4.69, 9.17) is 0 Å². The largest absolute Gasteiger partial charge is 0.271 e. The molecule has 0 bridgehead atoms. The van der Waals surface area contributed by atoms with Gasteiger partial charge in [0.1, 0.15) is 6.04 Å². The van der Waals surface area contributed by atoms with Crippen molar-refractivity contribution in [3.63, 3.8) is 0 Å². The number of carbonyl (C=O) groups excluding carboxylic acids is 1. The van der Waals surface area contributed by atoms with Crippen LogP contribution in [0.25, 0.3) is 0 Å². The number of nitrogens with one attached hydrogen (secondary N) is 1. The van der Waals surface area contributed by atoms with E-state index < -0.39 is 22.0 Å². The van der Waals surface area contributed by atoms with Gasteiger partial charge < -0.3 is 0 Å². The maximum Gasteiger partial charge on any atom is 0.263 e. The van der Waals surface area contributed by atoms with E-state index in [2.05, 4.69) is 26.5 Å². The molecule has 1 amide bonds. The Morgan fingerprint density at radius 3 is 2.32 bits per heavy atom. The molecule has 0 radical (unpaired) electrons.